The first kappa shape index (κ1) is 15.5. The van der Waals surface area contributed by atoms with Gasteiger partial charge in [0.05, 0.1) is 5.69 Å². The Morgan fingerprint density at radius 2 is 1.56 bits per heavy atom. The number of benzene rings is 2. The van der Waals surface area contributed by atoms with Crippen molar-refractivity contribution >= 4 is 40.5 Å². The van der Waals surface area contributed by atoms with Crippen LogP contribution in [-0.2, 0) is 4.79 Å². The Bertz CT molecular complexity index is 1000. The summed E-state index contributed by atoms with van der Waals surface area (Å²) in [6.45, 7) is 1.90. The Kier molecular flexibility index (Phi) is 3.82. The highest BCUT2D eigenvalue weighted by atomic mass is 32.1. The van der Waals surface area contributed by atoms with Crippen molar-refractivity contribution in [2.75, 3.05) is 4.90 Å². The summed E-state index contributed by atoms with van der Waals surface area (Å²) >= 11 is 1.56. The van der Waals surface area contributed by atoms with Gasteiger partial charge in [0.2, 0.25) is 0 Å². The molecular weight excluding hydrogens is 330 g/mol. The van der Waals surface area contributed by atoms with Crippen LogP contribution in [0.15, 0.2) is 66.0 Å². The van der Waals surface area contributed by atoms with Crippen LogP contribution in [0, 0.1) is 6.92 Å². The van der Waals surface area contributed by atoms with Gasteiger partial charge in [0.1, 0.15) is 0 Å². The highest BCUT2D eigenvalue weighted by Crippen LogP contribution is 2.34. The zero-order valence-corrected chi connectivity index (χ0v) is 14.4. The molecule has 4 rings (SSSR count). The number of anilines is 1. The van der Waals surface area contributed by atoms with Crippen molar-refractivity contribution in [2.45, 2.75) is 6.92 Å². The van der Waals surface area contributed by atoms with Crippen LogP contribution in [-0.4, -0.2) is 11.8 Å². The summed E-state index contributed by atoms with van der Waals surface area (Å²) in [5.41, 5.74) is 3.30. The molecule has 0 radical (unpaired) electrons. The average Bonchev–Trinajstić information content (AvgIpc) is 3.13. The van der Waals surface area contributed by atoms with E-state index in [1.54, 1.807) is 17.4 Å². The molecule has 25 heavy (non-hydrogen) atoms. The third-order valence-corrected chi connectivity index (χ3v) is 5.09. The molecule has 0 N–H and O–H groups in total. The third kappa shape index (κ3) is 2.61. The summed E-state index contributed by atoms with van der Waals surface area (Å²) in [5, 5.41) is 1.97. The average molecular weight is 345 g/mol. The minimum atomic E-state index is -0.286. The van der Waals surface area contributed by atoms with Crippen molar-refractivity contribution in [3.8, 4) is 0 Å². The van der Waals surface area contributed by atoms with Crippen molar-refractivity contribution in [1.29, 1.82) is 0 Å². The third-order valence-electron chi connectivity index (χ3n) is 4.27. The summed E-state index contributed by atoms with van der Waals surface area (Å²) in [7, 11) is 0. The second-order valence-electron chi connectivity index (χ2n) is 5.85. The van der Waals surface area contributed by atoms with Crippen LogP contribution in [0.4, 0.5) is 5.69 Å². The normalized spacial score (nSPS) is 15.6. The van der Waals surface area contributed by atoms with Gasteiger partial charge in [-0.25, -0.2) is 4.90 Å². The molecule has 0 fully saturated rings. The number of thiophene rings is 1. The number of rotatable bonds is 2. The Morgan fingerprint density at radius 1 is 0.840 bits per heavy atom. The van der Waals surface area contributed by atoms with E-state index in [0.29, 0.717) is 22.4 Å². The van der Waals surface area contributed by atoms with Crippen LogP contribution >= 0.6 is 11.3 Å². The topological polar surface area (TPSA) is 37.4 Å². The predicted octanol–water partition coefficient (Wildman–Crippen LogP) is 4.78. The molecule has 3 aromatic rings. The molecule has 3 nitrogen and oxygen atoms in total. The predicted molar refractivity (Wildman–Crippen MR) is 102 cm³/mol. The first-order chi connectivity index (χ1) is 12.2. The van der Waals surface area contributed by atoms with Gasteiger partial charge in [0.15, 0.2) is 0 Å². The van der Waals surface area contributed by atoms with Gasteiger partial charge in [-0.1, -0.05) is 42.5 Å². The van der Waals surface area contributed by atoms with Gasteiger partial charge in [0.25, 0.3) is 11.8 Å². The molecule has 0 aliphatic carbocycles. The van der Waals surface area contributed by atoms with E-state index in [2.05, 4.69) is 0 Å². The summed E-state index contributed by atoms with van der Waals surface area (Å²) in [4.78, 5) is 28.5. The quantitative estimate of drug-likeness (QED) is 0.495. The SMILES string of the molecule is Cc1ccccc1N1C(=O)/C(=C/c2cccs2)c2ccccc2C1=O. The molecule has 1 aromatic heterocycles. The largest absolute Gasteiger partial charge is 0.268 e. The highest BCUT2D eigenvalue weighted by molar-refractivity contribution is 7.11. The van der Waals surface area contributed by atoms with Crippen molar-refractivity contribution in [1.82, 2.24) is 0 Å². The van der Waals surface area contributed by atoms with E-state index < -0.39 is 0 Å². The number of aryl methyl sites for hydroxylation is 1. The van der Waals surface area contributed by atoms with Crippen LogP contribution in [0.2, 0.25) is 0 Å². The number of nitrogens with zero attached hydrogens (tertiary/aromatic N) is 1. The molecule has 0 spiro atoms. The number of para-hydroxylation sites is 1. The molecule has 0 saturated carbocycles. The van der Waals surface area contributed by atoms with E-state index in [4.69, 9.17) is 0 Å². The first-order valence-corrected chi connectivity index (χ1v) is 8.84. The maximum absolute atomic E-state index is 13.2. The second-order valence-corrected chi connectivity index (χ2v) is 6.83. The first-order valence-electron chi connectivity index (χ1n) is 7.96. The smallest absolute Gasteiger partial charge is 0.266 e. The Balaban J connectivity index is 1.94. The minimum absolute atomic E-state index is 0.279. The molecule has 0 bridgehead atoms. The van der Waals surface area contributed by atoms with Crippen LogP contribution in [0.3, 0.4) is 0 Å². The number of amides is 2. The van der Waals surface area contributed by atoms with Crippen LogP contribution in [0.25, 0.3) is 11.6 Å². The Hall–Kier alpha value is -2.98. The fraction of sp³-hybridized carbons (Fsp3) is 0.0476. The summed E-state index contributed by atoms with van der Waals surface area (Å²) < 4.78 is 0. The number of imide groups is 1. The fourth-order valence-electron chi connectivity index (χ4n) is 3.04. The lowest BCUT2D eigenvalue weighted by Gasteiger charge is -2.29. The van der Waals surface area contributed by atoms with Crippen LogP contribution in [0.5, 0.6) is 0 Å². The number of fused-ring (bicyclic) bond motifs is 1. The Morgan fingerprint density at radius 3 is 2.28 bits per heavy atom. The number of carbonyl (C=O) groups is 2. The van der Waals surface area contributed by atoms with E-state index in [1.807, 2.05) is 73.0 Å². The van der Waals surface area contributed by atoms with Crippen LogP contribution in [0.1, 0.15) is 26.4 Å². The molecule has 2 heterocycles. The number of carbonyl (C=O) groups excluding carboxylic acids is 2. The molecular formula is C21H15NO2S. The molecule has 2 aromatic carbocycles. The molecule has 1 aliphatic heterocycles. The van der Waals surface area contributed by atoms with Crippen molar-refractivity contribution in [3.63, 3.8) is 0 Å². The highest BCUT2D eigenvalue weighted by Gasteiger charge is 2.36. The second kappa shape index (κ2) is 6.15. The molecule has 122 valence electrons. The monoisotopic (exact) mass is 345 g/mol. The minimum Gasteiger partial charge on any atom is -0.268 e. The maximum Gasteiger partial charge on any atom is 0.266 e. The van der Waals surface area contributed by atoms with Gasteiger partial charge in [-0.05, 0) is 42.1 Å². The van der Waals surface area contributed by atoms with Gasteiger partial charge >= 0.3 is 0 Å². The van der Waals surface area contributed by atoms with E-state index in [0.717, 1.165) is 10.4 Å². The van der Waals surface area contributed by atoms with E-state index in [1.165, 1.54) is 4.90 Å². The number of hydrogen-bond acceptors (Lipinski definition) is 3. The summed E-state index contributed by atoms with van der Waals surface area (Å²) in [6.07, 6.45) is 1.86. The summed E-state index contributed by atoms with van der Waals surface area (Å²) in [6, 6.07) is 18.6. The summed E-state index contributed by atoms with van der Waals surface area (Å²) in [5.74, 6) is -0.565. The van der Waals surface area contributed by atoms with Gasteiger partial charge < -0.3 is 0 Å². The van der Waals surface area contributed by atoms with Gasteiger partial charge in [-0.15, -0.1) is 11.3 Å². The zero-order valence-electron chi connectivity index (χ0n) is 13.6. The molecule has 0 atom stereocenters. The molecule has 1 aliphatic rings. The molecule has 4 heteroatoms. The van der Waals surface area contributed by atoms with Crippen molar-refractivity contribution < 1.29 is 9.59 Å². The van der Waals surface area contributed by atoms with Gasteiger partial charge in [0, 0.05) is 21.6 Å². The van der Waals surface area contributed by atoms with E-state index in [9.17, 15) is 9.59 Å². The van der Waals surface area contributed by atoms with Crippen molar-refractivity contribution in [2.24, 2.45) is 0 Å². The fourth-order valence-corrected chi connectivity index (χ4v) is 3.70. The van der Waals surface area contributed by atoms with Gasteiger partial charge in [-0.3, -0.25) is 9.59 Å². The maximum atomic E-state index is 13.2. The molecule has 0 unspecified atom stereocenters. The number of hydrogen-bond donors (Lipinski definition) is 0. The van der Waals surface area contributed by atoms with Crippen molar-refractivity contribution in [3.05, 3.63) is 87.6 Å². The standard InChI is InChI=1S/C21H15NO2S/c1-14-7-2-5-11-19(14)22-20(23)17-10-4-3-9-16(17)18(21(22)24)13-15-8-6-12-25-15/h2-13H,1H3/b18-13+. The van der Waals surface area contributed by atoms with E-state index in [-0.39, 0.29) is 11.8 Å². The van der Waals surface area contributed by atoms with E-state index >= 15 is 0 Å². The molecule has 2 amide bonds. The zero-order chi connectivity index (χ0) is 17.4. The lowest BCUT2D eigenvalue weighted by molar-refractivity contribution is -0.112. The lowest BCUT2D eigenvalue weighted by Crippen LogP contribution is -2.42. The molecule has 0 saturated heterocycles. The lowest BCUT2D eigenvalue weighted by atomic mass is 9.92. The van der Waals surface area contributed by atoms with Crippen LogP contribution < -0.4 is 4.90 Å². The Labute approximate surface area is 149 Å². The van der Waals surface area contributed by atoms with Gasteiger partial charge in [-0.2, -0.15) is 0 Å².